The molecule has 32 heavy (non-hydrogen) atoms. The van der Waals surface area contributed by atoms with Gasteiger partial charge in [0.15, 0.2) is 0 Å². The molecule has 0 aliphatic carbocycles. The van der Waals surface area contributed by atoms with Crippen molar-refractivity contribution < 1.29 is 4.79 Å². The predicted molar refractivity (Wildman–Crippen MR) is 128 cm³/mol. The third-order valence-corrected chi connectivity index (χ3v) is 6.02. The number of halogens is 1. The lowest BCUT2D eigenvalue weighted by Crippen LogP contribution is -2.41. The van der Waals surface area contributed by atoms with Crippen LogP contribution in [0.2, 0.25) is 5.02 Å². The zero-order valence-electron chi connectivity index (χ0n) is 18.0. The molecule has 1 atom stereocenters. The monoisotopic (exact) mass is 454 g/mol. The molecule has 2 aromatic carbocycles. The summed E-state index contributed by atoms with van der Waals surface area (Å²) in [6.45, 7) is 4.03. The maximum Gasteiger partial charge on any atom is 0.260 e. The van der Waals surface area contributed by atoms with Crippen molar-refractivity contribution in [3.8, 4) is 0 Å². The van der Waals surface area contributed by atoms with E-state index in [9.17, 15) is 9.59 Å². The Kier molecular flexibility index (Phi) is 6.62. The molecule has 0 radical (unpaired) electrons. The number of hydrogen-bond acceptors (Lipinski definition) is 6. The Hall–Kier alpha value is -3.10. The van der Waals surface area contributed by atoms with E-state index in [1.807, 2.05) is 30.0 Å². The molecule has 168 valence electrons. The summed E-state index contributed by atoms with van der Waals surface area (Å²) in [5, 5.41) is 7.46. The van der Waals surface area contributed by atoms with Crippen molar-refractivity contribution in [2.24, 2.45) is 5.73 Å². The number of nitrogens with two attached hydrogens (primary N) is 1. The molecule has 0 unspecified atom stereocenters. The van der Waals surface area contributed by atoms with Gasteiger partial charge in [-0.15, -0.1) is 0 Å². The molecule has 1 aliphatic rings. The predicted octanol–water partition coefficient (Wildman–Crippen LogP) is 2.90. The molecule has 1 aliphatic heterocycles. The van der Waals surface area contributed by atoms with Crippen LogP contribution in [0.1, 0.15) is 30.5 Å². The van der Waals surface area contributed by atoms with Gasteiger partial charge in [0.1, 0.15) is 0 Å². The van der Waals surface area contributed by atoms with Crippen LogP contribution in [0, 0.1) is 0 Å². The van der Waals surface area contributed by atoms with Gasteiger partial charge in [-0.3, -0.25) is 14.6 Å². The molecule has 0 bridgehead atoms. The lowest BCUT2D eigenvalue weighted by Gasteiger charge is -2.35. The molecule has 0 saturated heterocycles. The highest BCUT2D eigenvalue weighted by Crippen LogP contribution is 2.31. The molecular formula is C23H27ClN6O2. The molecule has 0 spiro atoms. The number of nitrogens with one attached hydrogen (secondary N) is 3. The maximum atomic E-state index is 12.9. The van der Waals surface area contributed by atoms with Crippen molar-refractivity contribution in [1.82, 2.24) is 14.9 Å². The van der Waals surface area contributed by atoms with E-state index in [0.29, 0.717) is 36.5 Å². The van der Waals surface area contributed by atoms with E-state index < -0.39 is 0 Å². The van der Waals surface area contributed by atoms with Crippen LogP contribution in [0.5, 0.6) is 0 Å². The Bertz CT molecular complexity index is 1190. The summed E-state index contributed by atoms with van der Waals surface area (Å²) in [5.74, 6) is 0.422. The second-order valence-electron chi connectivity index (χ2n) is 7.93. The summed E-state index contributed by atoms with van der Waals surface area (Å²) in [4.78, 5) is 34.3. The highest BCUT2D eigenvalue weighted by Gasteiger charge is 2.27. The number of benzene rings is 2. The van der Waals surface area contributed by atoms with Crippen molar-refractivity contribution in [1.29, 1.82) is 0 Å². The van der Waals surface area contributed by atoms with Crippen molar-refractivity contribution in [3.05, 3.63) is 62.9 Å². The molecular weight excluding hydrogens is 428 g/mol. The van der Waals surface area contributed by atoms with Crippen LogP contribution in [0.25, 0.3) is 10.9 Å². The minimum absolute atomic E-state index is 0.00991. The van der Waals surface area contributed by atoms with E-state index in [2.05, 4.69) is 20.6 Å². The molecule has 2 heterocycles. The van der Waals surface area contributed by atoms with Gasteiger partial charge in [-0.25, -0.2) is 4.98 Å². The number of aromatic nitrogens is 2. The fourth-order valence-electron chi connectivity index (χ4n) is 4.06. The summed E-state index contributed by atoms with van der Waals surface area (Å²) < 4.78 is 0. The fourth-order valence-corrected chi connectivity index (χ4v) is 4.26. The van der Waals surface area contributed by atoms with Gasteiger partial charge in [0.25, 0.3) is 5.56 Å². The molecule has 0 saturated carbocycles. The fraction of sp³-hybridized carbons (Fsp3) is 0.348. The smallest absolute Gasteiger partial charge is 0.260 e. The number of aromatic amines is 1. The van der Waals surface area contributed by atoms with Crippen LogP contribution in [-0.2, 0) is 11.2 Å². The first kappa shape index (κ1) is 22.1. The Labute approximate surface area is 191 Å². The zero-order chi connectivity index (χ0) is 22.7. The van der Waals surface area contributed by atoms with E-state index in [1.54, 1.807) is 18.2 Å². The van der Waals surface area contributed by atoms with Gasteiger partial charge in [-0.1, -0.05) is 17.7 Å². The standard InChI is InChI=1S/C23H27ClN6O2/c1-14-18-5-3-16(24)11-15(18)7-10-30(14)21(31)13-27-17-4-6-19-20(12-17)28-23(29-22(19)32)26-9-2-8-25/h3-6,11-12,14,27H,2,7-10,13,25H2,1H3,(H2,26,28,29,32)/t14-/m1/s1. The number of amides is 1. The van der Waals surface area contributed by atoms with Gasteiger partial charge in [0, 0.05) is 23.8 Å². The quantitative estimate of drug-likeness (QED) is 0.408. The summed E-state index contributed by atoms with van der Waals surface area (Å²) in [6, 6.07) is 11.1. The number of rotatable bonds is 7. The van der Waals surface area contributed by atoms with E-state index >= 15 is 0 Å². The topological polar surface area (TPSA) is 116 Å². The molecule has 8 nitrogen and oxygen atoms in total. The zero-order valence-corrected chi connectivity index (χ0v) is 18.7. The number of nitrogens with zero attached hydrogens (tertiary/aromatic N) is 2. The average Bonchev–Trinajstić information content (AvgIpc) is 2.77. The lowest BCUT2D eigenvalue weighted by atomic mass is 9.93. The van der Waals surface area contributed by atoms with E-state index in [1.165, 1.54) is 5.56 Å². The number of carbonyl (C=O) groups excluding carboxylic acids is 1. The minimum Gasteiger partial charge on any atom is -0.376 e. The Balaban J connectivity index is 1.45. The Morgan fingerprint density at radius 2 is 2.12 bits per heavy atom. The number of anilines is 2. The molecule has 5 N–H and O–H groups in total. The Morgan fingerprint density at radius 3 is 2.94 bits per heavy atom. The minimum atomic E-state index is -0.214. The summed E-state index contributed by atoms with van der Waals surface area (Å²) in [6.07, 6.45) is 1.56. The van der Waals surface area contributed by atoms with Crippen LogP contribution in [0.15, 0.2) is 41.2 Å². The number of fused-ring (bicyclic) bond motifs is 2. The second kappa shape index (κ2) is 9.58. The summed E-state index contributed by atoms with van der Waals surface area (Å²) in [7, 11) is 0. The van der Waals surface area contributed by atoms with E-state index in [-0.39, 0.29) is 24.1 Å². The van der Waals surface area contributed by atoms with E-state index in [0.717, 1.165) is 29.1 Å². The first-order valence-electron chi connectivity index (χ1n) is 10.8. The van der Waals surface area contributed by atoms with E-state index in [4.69, 9.17) is 17.3 Å². The molecule has 0 fully saturated rings. The largest absolute Gasteiger partial charge is 0.376 e. The van der Waals surface area contributed by atoms with Crippen molar-refractivity contribution in [2.45, 2.75) is 25.8 Å². The second-order valence-corrected chi connectivity index (χ2v) is 8.36. The SMILES string of the molecule is C[C@@H]1c2ccc(Cl)cc2CCN1C(=O)CNc1ccc2c(=O)[nH]c(NCCCN)nc2c1. The van der Waals surface area contributed by atoms with Gasteiger partial charge in [-0.2, -0.15) is 0 Å². The van der Waals surface area contributed by atoms with Crippen molar-refractivity contribution >= 4 is 40.0 Å². The van der Waals surface area contributed by atoms with Crippen molar-refractivity contribution in [3.63, 3.8) is 0 Å². The lowest BCUT2D eigenvalue weighted by molar-refractivity contribution is -0.131. The maximum absolute atomic E-state index is 12.9. The number of carbonyl (C=O) groups is 1. The van der Waals surface area contributed by atoms with Crippen LogP contribution in [0.3, 0.4) is 0 Å². The van der Waals surface area contributed by atoms with Gasteiger partial charge >= 0.3 is 0 Å². The molecule has 9 heteroatoms. The highest BCUT2D eigenvalue weighted by atomic mass is 35.5. The van der Waals surface area contributed by atoms with Crippen LogP contribution in [0.4, 0.5) is 11.6 Å². The van der Waals surface area contributed by atoms with Gasteiger partial charge in [0.05, 0.1) is 23.5 Å². The van der Waals surface area contributed by atoms with Crippen LogP contribution in [-0.4, -0.2) is 47.0 Å². The normalized spacial score (nSPS) is 15.5. The third-order valence-electron chi connectivity index (χ3n) is 5.79. The number of H-pyrrole nitrogens is 1. The molecule has 1 aromatic heterocycles. The molecule has 4 rings (SSSR count). The Morgan fingerprint density at radius 1 is 1.28 bits per heavy atom. The number of hydrogen-bond donors (Lipinski definition) is 4. The van der Waals surface area contributed by atoms with Crippen molar-refractivity contribution in [2.75, 3.05) is 36.8 Å². The average molecular weight is 455 g/mol. The molecule has 3 aromatic rings. The first-order chi connectivity index (χ1) is 15.5. The summed E-state index contributed by atoms with van der Waals surface area (Å²) in [5.41, 5.74) is 8.91. The van der Waals surface area contributed by atoms with Crippen LogP contribution < -0.4 is 21.9 Å². The molecule has 1 amide bonds. The first-order valence-corrected chi connectivity index (χ1v) is 11.1. The van der Waals surface area contributed by atoms with Gasteiger partial charge < -0.3 is 21.3 Å². The van der Waals surface area contributed by atoms with Gasteiger partial charge in [0.2, 0.25) is 11.9 Å². The third kappa shape index (κ3) is 4.71. The summed E-state index contributed by atoms with van der Waals surface area (Å²) >= 11 is 6.11. The highest BCUT2D eigenvalue weighted by molar-refractivity contribution is 6.30. The van der Waals surface area contributed by atoms with Gasteiger partial charge in [-0.05, 0) is 67.8 Å². The van der Waals surface area contributed by atoms with Crippen LogP contribution >= 0.6 is 11.6 Å².